The first-order chi connectivity index (χ1) is 9.75. The summed E-state index contributed by atoms with van der Waals surface area (Å²) in [5.74, 6) is 0. The SMILES string of the molecule is Cc1ccccc1NC(=O)N1CCC[C@H]1c1ccsc1. The van der Waals surface area contributed by atoms with Gasteiger partial charge in [0.15, 0.2) is 0 Å². The normalized spacial score (nSPS) is 18.2. The third-order valence-electron chi connectivity index (χ3n) is 3.83. The van der Waals surface area contributed by atoms with E-state index < -0.39 is 0 Å². The highest BCUT2D eigenvalue weighted by Gasteiger charge is 2.30. The Balaban J connectivity index is 1.75. The number of nitrogens with zero attached hydrogens (tertiary/aromatic N) is 1. The summed E-state index contributed by atoms with van der Waals surface area (Å²) in [6.45, 7) is 2.84. The number of amides is 2. The van der Waals surface area contributed by atoms with Crippen molar-refractivity contribution in [3.63, 3.8) is 0 Å². The molecule has 20 heavy (non-hydrogen) atoms. The van der Waals surface area contributed by atoms with Gasteiger partial charge in [-0.3, -0.25) is 0 Å². The summed E-state index contributed by atoms with van der Waals surface area (Å²) < 4.78 is 0. The lowest BCUT2D eigenvalue weighted by atomic mass is 10.1. The fraction of sp³-hybridized carbons (Fsp3) is 0.312. The Morgan fingerprint density at radius 3 is 2.95 bits per heavy atom. The van der Waals surface area contributed by atoms with Gasteiger partial charge in [-0.25, -0.2) is 4.79 Å². The average Bonchev–Trinajstić information content (AvgIpc) is 3.11. The molecule has 0 unspecified atom stereocenters. The Labute approximate surface area is 123 Å². The Kier molecular flexibility index (Phi) is 3.74. The van der Waals surface area contributed by atoms with Gasteiger partial charge in [0.2, 0.25) is 0 Å². The molecule has 0 spiro atoms. The number of hydrogen-bond acceptors (Lipinski definition) is 2. The molecule has 3 nitrogen and oxygen atoms in total. The van der Waals surface area contributed by atoms with Gasteiger partial charge in [-0.2, -0.15) is 11.3 Å². The lowest BCUT2D eigenvalue weighted by Gasteiger charge is -2.25. The smallest absolute Gasteiger partial charge is 0.317 e. The molecule has 1 aliphatic rings. The van der Waals surface area contributed by atoms with E-state index in [0.717, 1.165) is 30.6 Å². The van der Waals surface area contributed by atoms with E-state index in [-0.39, 0.29) is 12.1 Å². The molecule has 1 saturated heterocycles. The number of aryl methyl sites for hydroxylation is 1. The molecule has 0 saturated carbocycles. The molecular weight excluding hydrogens is 268 g/mol. The largest absolute Gasteiger partial charge is 0.322 e. The number of likely N-dealkylation sites (tertiary alicyclic amines) is 1. The van der Waals surface area contributed by atoms with Crippen LogP contribution in [-0.4, -0.2) is 17.5 Å². The Bertz CT molecular complexity index is 594. The van der Waals surface area contributed by atoms with Crippen molar-refractivity contribution in [2.75, 3.05) is 11.9 Å². The summed E-state index contributed by atoms with van der Waals surface area (Å²) in [6.07, 6.45) is 2.12. The van der Waals surface area contributed by atoms with Crippen LogP contribution in [0.4, 0.5) is 10.5 Å². The van der Waals surface area contributed by atoms with Gasteiger partial charge in [0.25, 0.3) is 0 Å². The van der Waals surface area contributed by atoms with Crippen LogP contribution in [0.5, 0.6) is 0 Å². The van der Waals surface area contributed by atoms with Gasteiger partial charge >= 0.3 is 6.03 Å². The van der Waals surface area contributed by atoms with Gasteiger partial charge < -0.3 is 10.2 Å². The standard InChI is InChI=1S/C16H18N2OS/c1-12-5-2-3-6-14(12)17-16(19)18-9-4-7-15(18)13-8-10-20-11-13/h2-3,5-6,8,10-11,15H,4,7,9H2,1H3,(H,17,19)/t15-/m0/s1. The molecule has 3 rings (SSSR count). The van der Waals surface area contributed by atoms with E-state index in [1.165, 1.54) is 5.56 Å². The zero-order valence-corrected chi connectivity index (χ0v) is 12.3. The molecule has 104 valence electrons. The molecule has 1 atom stereocenters. The molecule has 1 aromatic heterocycles. The van der Waals surface area contributed by atoms with E-state index in [2.05, 4.69) is 22.1 Å². The predicted molar refractivity (Wildman–Crippen MR) is 83.2 cm³/mol. The van der Waals surface area contributed by atoms with Crippen LogP contribution in [0.1, 0.15) is 30.0 Å². The first-order valence-corrected chi connectivity index (χ1v) is 7.85. The van der Waals surface area contributed by atoms with Crippen LogP contribution in [0.25, 0.3) is 0 Å². The average molecular weight is 286 g/mol. The summed E-state index contributed by atoms with van der Waals surface area (Å²) in [4.78, 5) is 14.4. The molecule has 1 N–H and O–H groups in total. The second-order valence-electron chi connectivity index (χ2n) is 5.15. The highest BCUT2D eigenvalue weighted by atomic mass is 32.1. The van der Waals surface area contributed by atoms with E-state index in [9.17, 15) is 4.79 Å². The first-order valence-electron chi connectivity index (χ1n) is 6.91. The molecule has 4 heteroatoms. The Morgan fingerprint density at radius 1 is 1.35 bits per heavy atom. The number of anilines is 1. The highest BCUT2D eigenvalue weighted by Crippen LogP contribution is 2.33. The maximum Gasteiger partial charge on any atom is 0.322 e. The molecule has 2 aromatic rings. The summed E-state index contributed by atoms with van der Waals surface area (Å²) in [6, 6.07) is 10.2. The van der Waals surface area contributed by atoms with Crippen molar-refractivity contribution in [2.45, 2.75) is 25.8 Å². The van der Waals surface area contributed by atoms with Gasteiger partial charge in [-0.1, -0.05) is 18.2 Å². The Morgan fingerprint density at radius 2 is 2.20 bits per heavy atom. The van der Waals surface area contributed by atoms with Crippen LogP contribution >= 0.6 is 11.3 Å². The summed E-state index contributed by atoms with van der Waals surface area (Å²) >= 11 is 1.69. The summed E-state index contributed by atoms with van der Waals surface area (Å²) in [5, 5.41) is 7.25. The number of hydrogen-bond donors (Lipinski definition) is 1. The number of nitrogens with one attached hydrogen (secondary N) is 1. The maximum atomic E-state index is 12.5. The minimum absolute atomic E-state index is 0.00741. The lowest BCUT2D eigenvalue weighted by Crippen LogP contribution is -2.34. The fourth-order valence-electron chi connectivity index (χ4n) is 2.72. The van der Waals surface area contributed by atoms with Crippen LogP contribution in [0, 0.1) is 6.92 Å². The van der Waals surface area contributed by atoms with E-state index in [1.54, 1.807) is 11.3 Å². The molecular formula is C16H18N2OS. The first kappa shape index (κ1) is 13.2. The van der Waals surface area contributed by atoms with Crippen molar-refractivity contribution in [3.8, 4) is 0 Å². The van der Waals surface area contributed by atoms with Crippen LogP contribution in [0.2, 0.25) is 0 Å². The molecule has 1 aromatic carbocycles. The Hall–Kier alpha value is -1.81. The topological polar surface area (TPSA) is 32.3 Å². The minimum atomic E-state index is 0.00741. The number of urea groups is 1. The quantitative estimate of drug-likeness (QED) is 0.870. The van der Waals surface area contributed by atoms with Gasteiger partial charge in [0, 0.05) is 12.2 Å². The highest BCUT2D eigenvalue weighted by molar-refractivity contribution is 7.07. The van der Waals surface area contributed by atoms with Gasteiger partial charge in [0.1, 0.15) is 0 Å². The number of thiophene rings is 1. The van der Waals surface area contributed by atoms with E-state index in [0.29, 0.717) is 0 Å². The second kappa shape index (κ2) is 5.67. The van der Waals surface area contributed by atoms with Crippen molar-refractivity contribution in [2.24, 2.45) is 0 Å². The monoisotopic (exact) mass is 286 g/mol. The van der Waals surface area contributed by atoms with Crippen molar-refractivity contribution in [1.29, 1.82) is 0 Å². The molecule has 2 heterocycles. The second-order valence-corrected chi connectivity index (χ2v) is 5.93. The van der Waals surface area contributed by atoms with Gasteiger partial charge in [0.05, 0.1) is 6.04 Å². The van der Waals surface area contributed by atoms with E-state index in [1.807, 2.05) is 36.1 Å². The third kappa shape index (κ3) is 2.56. The fourth-order valence-corrected chi connectivity index (χ4v) is 3.43. The van der Waals surface area contributed by atoms with Crippen molar-refractivity contribution in [3.05, 3.63) is 52.2 Å². The third-order valence-corrected chi connectivity index (χ3v) is 4.53. The molecule has 0 radical (unpaired) electrons. The van der Waals surface area contributed by atoms with E-state index in [4.69, 9.17) is 0 Å². The molecule has 0 aliphatic carbocycles. The zero-order valence-electron chi connectivity index (χ0n) is 11.5. The van der Waals surface area contributed by atoms with Crippen molar-refractivity contribution < 1.29 is 4.79 Å². The van der Waals surface area contributed by atoms with Crippen LogP contribution in [-0.2, 0) is 0 Å². The number of carbonyl (C=O) groups excluding carboxylic acids is 1. The van der Waals surface area contributed by atoms with Crippen molar-refractivity contribution >= 4 is 23.1 Å². The maximum absolute atomic E-state index is 12.5. The van der Waals surface area contributed by atoms with Crippen molar-refractivity contribution in [1.82, 2.24) is 4.90 Å². The summed E-state index contributed by atoms with van der Waals surface area (Å²) in [5.41, 5.74) is 3.24. The zero-order chi connectivity index (χ0) is 13.9. The van der Waals surface area contributed by atoms with E-state index >= 15 is 0 Å². The van der Waals surface area contributed by atoms with Crippen LogP contribution in [0.15, 0.2) is 41.1 Å². The number of benzene rings is 1. The van der Waals surface area contributed by atoms with Crippen LogP contribution < -0.4 is 5.32 Å². The van der Waals surface area contributed by atoms with Crippen LogP contribution in [0.3, 0.4) is 0 Å². The molecule has 1 aliphatic heterocycles. The molecule has 1 fully saturated rings. The molecule has 2 amide bonds. The molecule has 0 bridgehead atoms. The minimum Gasteiger partial charge on any atom is -0.317 e. The van der Waals surface area contributed by atoms with Gasteiger partial charge in [-0.05, 0) is 53.8 Å². The number of rotatable bonds is 2. The summed E-state index contributed by atoms with van der Waals surface area (Å²) in [7, 11) is 0. The number of carbonyl (C=O) groups is 1. The predicted octanol–water partition coefficient (Wildman–Crippen LogP) is 4.43. The number of para-hydroxylation sites is 1. The lowest BCUT2D eigenvalue weighted by molar-refractivity contribution is 0.207. The van der Waals surface area contributed by atoms with Gasteiger partial charge in [-0.15, -0.1) is 0 Å².